The van der Waals surface area contributed by atoms with Crippen LogP contribution in [-0.2, 0) is 32.7 Å². The smallest absolute Gasteiger partial charge is 0.363 e. The van der Waals surface area contributed by atoms with Crippen molar-refractivity contribution in [3.8, 4) is 0 Å². The second-order valence-corrected chi connectivity index (χ2v) is 2.20. The van der Waals surface area contributed by atoms with Crippen LogP contribution in [0.2, 0.25) is 0 Å². The van der Waals surface area contributed by atoms with E-state index in [0.29, 0.717) is 0 Å². The fourth-order valence-corrected chi connectivity index (χ4v) is 0.717. The minimum absolute atomic E-state index is 0. The van der Waals surface area contributed by atoms with Crippen LogP contribution in [-0.4, -0.2) is 24.5 Å². The summed E-state index contributed by atoms with van der Waals surface area (Å²) in [5.41, 5.74) is 0. The van der Waals surface area contributed by atoms with Crippen LogP contribution in [0.3, 0.4) is 0 Å². The second-order valence-electron chi connectivity index (χ2n) is 2.20. The number of rotatable bonds is 5. The van der Waals surface area contributed by atoms with E-state index in [1.807, 2.05) is 0 Å². The average Bonchev–Trinajstić information content (AvgIpc) is 1.91. The van der Waals surface area contributed by atoms with Crippen LogP contribution in [0.4, 0.5) is 0 Å². The molecular weight excluding hydrogens is 211 g/mol. The molecule has 0 amide bonds. The maximum atomic E-state index is 3.80. The molecule has 0 aromatic rings. The summed E-state index contributed by atoms with van der Waals surface area (Å²) in [5.74, 6) is 0. The van der Waals surface area contributed by atoms with Crippen molar-refractivity contribution < 1.29 is 32.7 Å². The van der Waals surface area contributed by atoms with E-state index in [4.69, 9.17) is 0 Å². The Morgan fingerprint density at radius 1 is 1.18 bits per heavy atom. The topological polar surface area (TPSA) is 3.24 Å². The Balaban J connectivity index is -0.000000320. The Morgan fingerprint density at radius 3 is 1.91 bits per heavy atom. The zero-order chi connectivity index (χ0) is 7.11. The molecule has 0 aromatic carbocycles. The van der Waals surface area contributed by atoms with E-state index in [-0.39, 0.29) is 40.1 Å². The molecule has 64 valence electrons. The molecule has 0 saturated carbocycles. The van der Waals surface area contributed by atoms with Crippen molar-refractivity contribution in [3.05, 3.63) is 21.3 Å². The largest absolute Gasteiger partial charge is 3.00 e. The summed E-state index contributed by atoms with van der Waals surface area (Å²) in [6, 6.07) is 0. The van der Waals surface area contributed by atoms with E-state index in [0.717, 1.165) is 19.6 Å². The summed E-state index contributed by atoms with van der Waals surface area (Å²) in [4.78, 5) is 2.24. The minimum atomic E-state index is 0. The molecule has 0 aliphatic carbocycles. The third-order valence-electron chi connectivity index (χ3n) is 1.46. The van der Waals surface area contributed by atoms with Gasteiger partial charge >= 0.3 is 32.7 Å². The number of hydrogen-bond acceptors (Lipinski definition) is 1. The molecule has 0 unspecified atom stereocenters. The van der Waals surface area contributed by atoms with E-state index < -0.39 is 0 Å². The van der Waals surface area contributed by atoms with Crippen LogP contribution < -0.4 is 0 Å². The Labute approximate surface area is 97.8 Å². The maximum absolute atomic E-state index is 3.80. The van der Waals surface area contributed by atoms with Crippen LogP contribution in [0.1, 0.15) is 19.8 Å². The summed E-state index contributed by atoms with van der Waals surface area (Å²) in [6.07, 6.45) is 2.53. The predicted molar refractivity (Wildman–Crippen MR) is 48.5 cm³/mol. The third kappa shape index (κ3) is 11.1. The molecule has 0 N–H and O–H groups in total. The molecule has 0 heterocycles. The molecule has 0 spiro atoms. The van der Waals surface area contributed by atoms with Crippen LogP contribution >= 0.6 is 0 Å². The van der Waals surface area contributed by atoms with Crippen molar-refractivity contribution in [2.75, 3.05) is 19.6 Å². The van der Waals surface area contributed by atoms with Gasteiger partial charge in [0, 0.05) is 0 Å². The first kappa shape index (κ1) is 18.0. The maximum Gasteiger partial charge on any atom is 3.00 e. The molecule has 0 fully saturated rings. The molecule has 2 heteroatoms. The zero-order valence-electron chi connectivity index (χ0n) is 7.97. The van der Waals surface area contributed by atoms with Crippen LogP contribution in [0.5, 0.6) is 0 Å². The van der Waals surface area contributed by atoms with Crippen molar-refractivity contribution in [3.63, 3.8) is 0 Å². The van der Waals surface area contributed by atoms with Gasteiger partial charge in [-0.1, -0.05) is 13.3 Å². The molecule has 11 heavy (non-hydrogen) atoms. The van der Waals surface area contributed by atoms with Gasteiger partial charge in [0.25, 0.3) is 0 Å². The fourth-order valence-electron chi connectivity index (χ4n) is 0.717. The number of unbranched alkanes of at least 4 members (excludes halogenated alkanes) is 1. The summed E-state index contributed by atoms with van der Waals surface area (Å²) in [6.45, 7) is 12.7. The van der Waals surface area contributed by atoms with Crippen LogP contribution in [0, 0.1) is 21.3 Å². The van der Waals surface area contributed by atoms with Crippen LogP contribution in [0.15, 0.2) is 0 Å². The predicted octanol–water partition coefficient (Wildman–Crippen LogP) is 2.20. The van der Waals surface area contributed by atoms with E-state index in [2.05, 4.69) is 25.7 Å². The molecule has 1 nitrogen and oxygen atoms in total. The fraction of sp³-hybridized carbons (Fsp3) is 0.667. The van der Waals surface area contributed by atoms with Crippen molar-refractivity contribution >= 4 is 0 Å². The van der Waals surface area contributed by atoms with Crippen molar-refractivity contribution in [1.29, 1.82) is 0 Å². The summed E-state index contributed by atoms with van der Waals surface area (Å²) in [5, 5.41) is 0. The van der Waals surface area contributed by atoms with Crippen molar-refractivity contribution in [2.24, 2.45) is 0 Å². The Morgan fingerprint density at radius 2 is 1.64 bits per heavy atom. The van der Waals surface area contributed by atoms with E-state index in [1.165, 1.54) is 12.8 Å². The first-order valence-corrected chi connectivity index (χ1v) is 3.66. The minimum Gasteiger partial charge on any atom is -0.363 e. The van der Waals surface area contributed by atoms with Gasteiger partial charge in [-0.2, -0.15) is 0 Å². The van der Waals surface area contributed by atoms with Gasteiger partial charge in [0.2, 0.25) is 0 Å². The van der Waals surface area contributed by atoms with Gasteiger partial charge < -0.3 is 26.2 Å². The molecular formula is C9H20NY. The third-order valence-corrected chi connectivity index (χ3v) is 1.46. The van der Waals surface area contributed by atoms with Gasteiger partial charge in [-0.15, -0.1) is 13.1 Å². The molecule has 0 aliphatic heterocycles. The molecule has 0 atom stereocenters. The van der Waals surface area contributed by atoms with Gasteiger partial charge in [0.15, 0.2) is 0 Å². The average molecular weight is 231 g/mol. The van der Waals surface area contributed by atoms with Gasteiger partial charge in [-0.3, -0.25) is 0 Å². The van der Waals surface area contributed by atoms with Crippen molar-refractivity contribution in [2.45, 2.75) is 19.8 Å². The van der Waals surface area contributed by atoms with Gasteiger partial charge in [0.1, 0.15) is 0 Å². The Bertz CT molecular complexity index is 53.5. The SMILES string of the molecule is [CH2-]CN(C[CH2-])CCCC.[CH3-].[Y+3]. The van der Waals surface area contributed by atoms with Crippen LogP contribution in [0.25, 0.3) is 0 Å². The Hall–Kier alpha value is 1.06. The van der Waals surface area contributed by atoms with E-state index in [1.54, 1.807) is 0 Å². The summed E-state index contributed by atoms with van der Waals surface area (Å²) in [7, 11) is 0. The first-order valence-electron chi connectivity index (χ1n) is 3.66. The molecule has 0 aromatic heterocycles. The molecule has 0 radical (unpaired) electrons. The standard InChI is InChI=1S/C8H17N.CH3.Y/c1-4-7-8-9(5-2)6-3;;/h2-8H2,1H3;1H3;/q-2;-1;+3. The molecule has 0 bridgehead atoms. The monoisotopic (exact) mass is 231 g/mol. The Kier molecular flexibility index (Phi) is 22.3. The zero-order valence-corrected chi connectivity index (χ0v) is 10.8. The van der Waals surface area contributed by atoms with Gasteiger partial charge in [-0.05, 0) is 13.0 Å². The van der Waals surface area contributed by atoms with Gasteiger partial charge in [0.05, 0.1) is 0 Å². The van der Waals surface area contributed by atoms with Crippen molar-refractivity contribution in [1.82, 2.24) is 4.90 Å². The number of nitrogens with zero attached hydrogens (tertiary/aromatic N) is 1. The molecule has 0 aliphatic rings. The summed E-state index contributed by atoms with van der Waals surface area (Å²) >= 11 is 0. The normalized spacial score (nSPS) is 8.73. The first-order chi connectivity index (χ1) is 4.35. The summed E-state index contributed by atoms with van der Waals surface area (Å²) < 4.78 is 0. The quantitative estimate of drug-likeness (QED) is 0.656. The number of hydrogen-bond donors (Lipinski definition) is 0. The van der Waals surface area contributed by atoms with Gasteiger partial charge in [-0.25, -0.2) is 0 Å². The van der Waals surface area contributed by atoms with E-state index >= 15 is 0 Å². The second kappa shape index (κ2) is 13.6. The van der Waals surface area contributed by atoms with E-state index in [9.17, 15) is 0 Å². The molecule has 0 rings (SSSR count). The molecule has 0 saturated heterocycles.